The Hall–Kier alpha value is -3.71. The smallest absolute Gasteiger partial charge is 0.337 e. The molecule has 0 bridgehead atoms. The average Bonchev–Trinajstić information content (AvgIpc) is 2.71. The summed E-state index contributed by atoms with van der Waals surface area (Å²) in [6, 6.07) is 9.25. The Morgan fingerprint density at radius 1 is 0.571 bits per heavy atom. The Balaban J connectivity index is 0.000000384. The van der Waals surface area contributed by atoms with Crippen molar-refractivity contribution in [2.45, 2.75) is 0 Å². The van der Waals surface area contributed by atoms with Gasteiger partial charge in [-0.05, 0) is 36.4 Å². The molecule has 0 aromatic carbocycles. The van der Waals surface area contributed by atoms with Crippen LogP contribution in [-0.2, 0) is 0 Å². The third-order valence-electron chi connectivity index (χ3n) is 2.73. The molecule has 3 aromatic rings. The van der Waals surface area contributed by atoms with Crippen molar-refractivity contribution >= 4 is 27.8 Å². The number of carboxylic acids is 3. The lowest BCUT2D eigenvalue weighted by atomic mass is 10.3. The highest BCUT2D eigenvalue weighted by molar-refractivity contribution is 6.92. The van der Waals surface area contributed by atoms with Crippen molar-refractivity contribution in [3.63, 3.8) is 0 Å². The molecule has 0 aliphatic carbocycles. The highest BCUT2D eigenvalue weighted by Crippen LogP contribution is 1.94. The van der Waals surface area contributed by atoms with E-state index in [0.29, 0.717) is 0 Å². The van der Waals surface area contributed by atoms with Gasteiger partial charge in [-0.1, -0.05) is 0 Å². The molecule has 0 radical (unpaired) electrons. The molecule has 1 atom stereocenters. The van der Waals surface area contributed by atoms with Crippen LogP contribution >= 0.6 is 9.90 Å². The molecule has 10 heteroatoms. The van der Waals surface area contributed by atoms with Gasteiger partial charge >= 0.3 is 17.9 Å². The molecule has 3 heterocycles. The second-order valence-corrected chi connectivity index (χ2v) is 4.64. The van der Waals surface area contributed by atoms with Gasteiger partial charge in [0.2, 0.25) is 0 Å². The Labute approximate surface area is 163 Å². The maximum Gasteiger partial charge on any atom is 0.337 e. The van der Waals surface area contributed by atoms with Gasteiger partial charge in [0, 0.05) is 37.2 Å². The number of nitrogens with zero attached hydrogens (tertiary/aromatic N) is 3. The van der Waals surface area contributed by atoms with Gasteiger partial charge in [-0.15, -0.1) is 0 Å². The van der Waals surface area contributed by atoms with Crippen molar-refractivity contribution in [3.05, 3.63) is 90.3 Å². The zero-order chi connectivity index (χ0) is 20.1. The van der Waals surface area contributed by atoms with E-state index in [4.69, 9.17) is 15.3 Å². The van der Waals surface area contributed by atoms with Gasteiger partial charge in [-0.2, -0.15) is 9.90 Å². The third-order valence-corrected chi connectivity index (χ3v) is 2.73. The summed E-state index contributed by atoms with van der Waals surface area (Å²) >= 11 is 0. The minimum absolute atomic E-state index is 0. The Bertz CT molecular complexity index is 747. The Kier molecular flexibility index (Phi) is 11.7. The van der Waals surface area contributed by atoms with Crippen LogP contribution in [0.4, 0.5) is 0 Å². The molecule has 3 N–H and O–H groups in total. The molecule has 28 heavy (non-hydrogen) atoms. The van der Waals surface area contributed by atoms with Gasteiger partial charge in [0.1, 0.15) is 0 Å². The lowest BCUT2D eigenvalue weighted by molar-refractivity contribution is 0.0685. The maximum atomic E-state index is 10.2. The first-order valence-electron chi connectivity index (χ1n) is 7.31. The van der Waals surface area contributed by atoms with Crippen molar-refractivity contribution in [2.24, 2.45) is 0 Å². The van der Waals surface area contributed by atoms with E-state index >= 15 is 0 Å². The monoisotopic (exact) mass is 403 g/mol. The van der Waals surface area contributed by atoms with Crippen LogP contribution in [0.5, 0.6) is 0 Å². The van der Waals surface area contributed by atoms with Gasteiger partial charge in [0.25, 0.3) is 0 Å². The lowest BCUT2D eigenvalue weighted by Gasteiger charge is -1.87. The number of pyridine rings is 3. The zero-order valence-corrected chi connectivity index (χ0v) is 16.0. The highest BCUT2D eigenvalue weighted by Gasteiger charge is 1.99. The van der Waals surface area contributed by atoms with Crippen molar-refractivity contribution < 1.29 is 29.7 Å². The van der Waals surface area contributed by atoms with Crippen LogP contribution in [-0.4, -0.2) is 48.2 Å². The molecular formula is C18H18N3O6P. The van der Waals surface area contributed by atoms with Crippen LogP contribution in [0.25, 0.3) is 0 Å². The molecule has 0 aliphatic heterocycles. The summed E-state index contributed by atoms with van der Waals surface area (Å²) in [5, 5.41) is 25.0. The number of hydrogen-bond donors (Lipinski definition) is 3. The Morgan fingerprint density at radius 2 is 0.821 bits per heavy atom. The summed E-state index contributed by atoms with van der Waals surface area (Å²) in [4.78, 5) is 41.4. The lowest BCUT2D eigenvalue weighted by Crippen LogP contribution is -1.94. The van der Waals surface area contributed by atoms with Crippen molar-refractivity contribution in [1.29, 1.82) is 0 Å². The van der Waals surface area contributed by atoms with Gasteiger partial charge in [-0.3, -0.25) is 15.0 Å². The quantitative estimate of drug-likeness (QED) is 0.560. The van der Waals surface area contributed by atoms with Crippen LogP contribution in [0.3, 0.4) is 0 Å². The number of carboxylic acid groups (broad SMARTS) is 3. The standard InChI is InChI=1S/3C6H5NO2.H3P/c3*8-6(9)5-2-1-3-7-4-5;/h3*1-4H,(H,8,9);1H3. The molecule has 0 amide bonds. The zero-order valence-electron chi connectivity index (χ0n) is 14.5. The van der Waals surface area contributed by atoms with Crippen molar-refractivity contribution in [3.8, 4) is 0 Å². The second-order valence-electron chi connectivity index (χ2n) is 4.64. The van der Waals surface area contributed by atoms with E-state index in [0.717, 1.165) is 0 Å². The van der Waals surface area contributed by atoms with Gasteiger partial charge in [0.05, 0.1) is 16.7 Å². The second kappa shape index (κ2) is 13.5. The molecule has 0 fully saturated rings. The third kappa shape index (κ3) is 9.69. The van der Waals surface area contributed by atoms with Gasteiger partial charge in [0.15, 0.2) is 0 Å². The Morgan fingerprint density at radius 3 is 0.929 bits per heavy atom. The fraction of sp³-hybridized carbons (Fsp3) is 0. The predicted molar refractivity (Wildman–Crippen MR) is 105 cm³/mol. The number of rotatable bonds is 3. The van der Waals surface area contributed by atoms with E-state index in [1.54, 1.807) is 18.2 Å². The summed E-state index contributed by atoms with van der Waals surface area (Å²) in [5.74, 6) is -2.82. The van der Waals surface area contributed by atoms with E-state index < -0.39 is 17.9 Å². The number of aromatic nitrogens is 3. The first-order chi connectivity index (χ1) is 12.9. The van der Waals surface area contributed by atoms with E-state index in [-0.39, 0.29) is 26.6 Å². The summed E-state index contributed by atoms with van der Waals surface area (Å²) in [6.07, 6.45) is 8.53. The molecule has 0 saturated carbocycles. The fourth-order valence-corrected chi connectivity index (χ4v) is 1.47. The molecule has 0 aliphatic rings. The average molecular weight is 403 g/mol. The van der Waals surface area contributed by atoms with Crippen LogP contribution in [0.1, 0.15) is 31.1 Å². The molecule has 3 aromatic heterocycles. The van der Waals surface area contributed by atoms with Gasteiger partial charge in [-0.25, -0.2) is 14.4 Å². The van der Waals surface area contributed by atoms with Gasteiger partial charge < -0.3 is 15.3 Å². The first-order valence-corrected chi connectivity index (χ1v) is 7.31. The molecule has 146 valence electrons. The first kappa shape index (κ1) is 24.3. The number of aromatic carboxylic acids is 3. The van der Waals surface area contributed by atoms with Crippen LogP contribution in [0, 0.1) is 0 Å². The summed E-state index contributed by atoms with van der Waals surface area (Å²) < 4.78 is 0. The molecule has 1 unspecified atom stereocenters. The maximum absolute atomic E-state index is 10.2. The molecule has 9 nitrogen and oxygen atoms in total. The fourth-order valence-electron chi connectivity index (χ4n) is 1.47. The minimum Gasteiger partial charge on any atom is -0.478 e. The predicted octanol–water partition coefficient (Wildman–Crippen LogP) is 2.40. The molecule has 3 rings (SSSR count). The normalized spacial score (nSPS) is 8.57. The number of carbonyl (C=O) groups is 3. The molecule has 0 spiro atoms. The largest absolute Gasteiger partial charge is 0.478 e. The van der Waals surface area contributed by atoms with E-state index in [1.807, 2.05) is 0 Å². The van der Waals surface area contributed by atoms with Crippen LogP contribution in [0.15, 0.2) is 73.6 Å². The molecule has 0 saturated heterocycles. The van der Waals surface area contributed by atoms with Crippen LogP contribution < -0.4 is 0 Å². The summed E-state index contributed by atoms with van der Waals surface area (Å²) in [5.41, 5.74) is 0.660. The minimum atomic E-state index is -0.942. The SMILES string of the molecule is O=C(O)c1cccnc1.O=C(O)c1cccnc1.O=C(O)c1cccnc1.P. The number of hydrogen-bond acceptors (Lipinski definition) is 6. The van der Waals surface area contributed by atoms with Crippen molar-refractivity contribution in [2.75, 3.05) is 0 Å². The molecular weight excluding hydrogens is 385 g/mol. The topological polar surface area (TPSA) is 151 Å². The van der Waals surface area contributed by atoms with Crippen LogP contribution in [0.2, 0.25) is 0 Å². The highest BCUT2D eigenvalue weighted by atomic mass is 31.0. The summed E-state index contributed by atoms with van der Waals surface area (Å²) in [7, 11) is 0. The van der Waals surface area contributed by atoms with Crippen molar-refractivity contribution in [1.82, 2.24) is 15.0 Å². The van der Waals surface area contributed by atoms with E-state index in [9.17, 15) is 14.4 Å². The van der Waals surface area contributed by atoms with E-state index in [1.165, 1.54) is 55.4 Å². The van der Waals surface area contributed by atoms with E-state index in [2.05, 4.69) is 15.0 Å². The summed E-state index contributed by atoms with van der Waals surface area (Å²) in [6.45, 7) is 0.